The van der Waals surface area contributed by atoms with Gasteiger partial charge < -0.3 is 19.8 Å². The maximum atomic E-state index is 14.9. The second-order valence-electron chi connectivity index (χ2n) is 14.6. The molecule has 0 saturated carbocycles. The Balaban J connectivity index is 1.74. The summed E-state index contributed by atoms with van der Waals surface area (Å²) in [6, 6.07) is 8.96. The molecule has 242 valence electrons. The predicted molar refractivity (Wildman–Crippen MR) is 180 cm³/mol. The van der Waals surface area contributed by atoms with Gasteiger partial charge in [0.1, 0.15) is 6.04 Å². The molecule has 4 rings (SSSR count). The van der Waals surface area contributed by atoms with Crippen LogP contribution in [0.3, 0.4) is 0 Å². The predicted octanol–water partition coefficient (Wildman–Crippen LogP) is 6.08. The van der Waals surface area contributed by atoms with E-state index in [9.17, 15) is 19.5 Å². The number of nitrogens with zero attached hydrogens (tertiary/aromatic N) is 3. The van der Waals surface area contributed by atoms with Gasteiger partial charge in [-0.25, -0.2) is 0 Å². The number of carbonyl (C=O) groups is 3. The van der Waals surface area contributed by atoms with Crippen molar-refractivity contribution in [3.8, 4) is 0 Å². The van der Waals surface area contributed by atoms with Gasteiger partial charge in [-0.15, -0.1) is 24.9 Å². The number of hydrogen-bond acceptors (Lipinski definition) is 5. The van der Waals surface area contributed by atoms with Gasteiger partial charge >= 0.3 is 0 Å². The molecule has 3 heterocycles. The van der Waals surface area contributed by atoms with Crippen LogP contribution in [0.4, 0.5) is 5.69 Å². The number of hydrogen-bond donors (Lipinski definition) is 1. The van der Waals surface area contributed by atoms with E-state index < -0.39 is 28.2 Å². The molecule has 0 radical (unpaired) electrons. The first-order chi connectivity index (χ1) is 20.8. The summed E-state index contributed by atoms with van der Waals surface area (Å²) in [5, 5.41) is 9.25. The molecular formula is C36H53N3O4S. The first-order valence-electron chi connectivity index (χ1n) is 16.3. The zero-order valence-electron chi connectivity index (χ0n) is 27.5. The summed E-state index contributed by atoms with van der Waals surface area (Å²) in [7, 11) is 0. The quantitative estimate of drug-likeness (QED) is 0.189. The fraction of sp³-hybridized carbons (Fsp3) is 0.639. The lowest BCUT2D eigenvalue weighted by atomic mass is 9.70. The van der Waals surface area contributed by atoms with Crippen molar-refractivity contribution in [2.75, 3.05) is 31.1 Å². The lowest BCUT2D eigenvalue weighted by Gasteiger charge is -2.46. The van der Waals surface area contributed by atoms with Crippen LogP contribution in [0.1, 0.15) is 79.6 Å². The number of likely N-dealkylation sites (tertiary alicyclic amines) is 1. The van der Waals surface area contributed by atoms with E-state index in [0.29, 0.717) is 19.6 Å². The van der Waals surface area contributed by atoms with Gasteiger partial charge in [-0.3, -0.25) is 14.4 Å². The van der Waals surface area contributed by atoms with Crippen LogP contribution in [0.5, 0.6) is 0 Å². The number of rotatable bonds is 15. The first kappa shape index (κ1) is 34.3. The van der Waals surface area contributed by atoms with Crippen molar-refractivity contribution in [1.82, 2.24) is 9.80 Å². The van der Waals surface area contributed by atoms with Crippen LogP contribution in [0.15, 0.2) is 55.6 Å². The third kappa shape index (κ3) is 6.67. The van der Waals surface area contributed by atoms with Gasteiger partial charge in [-0.1, -0.05) is 64.0 Å². The third-order valence-corrected chi connectivity index (χ3v) is 11.5. The van der Waals surface area contributed by atoms with Crippen LogP contribution in [-0.2, 0) is 14.4 Å². The van der Waals surface area contributed by atoms with Crippen LogP contribution in [0.2, 0.25) is 0 Å². The Hall–Kier alpha value is -2.58. The van der Waals surface area contributed by atoms with Crippen molar-refractivity contribution in [1.29, 1.82) is 0 Å². The van der Waals surface area contributed by atoms with E-state index in [1.54, 1.807) is 28.8 Å². The van der Waals surface area contributed by atoms with E-state index >= 15 is 0 Å². The first-order valence-corrected chi connectivity index (χ1v) is 17.2. The lowest BCUT2D eigenvalue weighted by Crippen LogP contribution is -2.60. The molecule has 5 atom stereocenters. The Morgan fingerprint density at radius 2 is 1.68 bits per heavy atom. The van der Waals surface area contributed by atoms with E-state index in [4.69, 9.17) is 0 Å². The molecule has 0 aliphatic carbocycles. The minimum absolute atomic E-state index is 0.00790. The van der Waals surface area contributed by atoms with Crippen molar-refractivity contribution < 1.29 is 19.5 Å². The van der Waals surface area contributed by atoms with Gasteiger partial charge in [0.15, 0.2) is 0 Å². The maximum absolute atomic E-state index is 14.9. The molecule has 7 nitrogen and oxygen atoms in total. The number of amides is 3. The zero-order chi connectivity index (χ0) is 32.3. The maximum Gasteiger partial charge on any atom is 0.247 e. The average molecular weight is 624 g/mol. The largest absolute Gasteiger partial charge is 0.396 e. The van der Waals surface area contributed by atoms with Gasteiger partial charge in [0.05, 0.1) is 16.6 Å². The smallest absolute Gasteiger partial charge is 0.247 e. The molecule has 3 fully saturated rings. The summed E-state index contributed by atoms with van der Waals surface area (Å²) in [4.78, 5) is 49.5. The van der Waals surface area contributed by atoms with Crippen LogP contribution in [-0.4, -0.2) is 80.4 Å². The van der Waals surface area contributed by atoms with Crippen molar-refractivity contribution in [3.05, 3.63) is 55.6 Å². The molecule has 3 amide bonds. The highest BCUT2D eigenvalue weighted by atomic mass is 32.2. The van der Waals surface area contributed by atoms with Gasteiger partial charge in [-0.2, -0.15) is 0 Å². The number of unbranched alkanes of at least 4 members (excludes halogenated alkanes) is 3. The van der Waals surface area contributed by atoms with Gasteiger partial charge in [0, 0.05) is 42.7 Å². The Labute approximate surface area is 269 Å². The Bertz CT molecular complexity index is 1210. The number of para-hydroxylation sites is 1. The number of aliphatic hydroxyl groups is 1. The topological polar surface area (TPSA) is 81.2 Å². The fourth-order valence-electron chi connectivity index (χ4n) is 8.25. The lowest BCUT2D eigenvalue weighted by molar-refractivity contribution is -0.146. The van der Waals surface area contributed by atoms with Gasteiger partial charge in [0.25, 0.3) is 0 Å². The highest BCUT2D eigenvalue weighted by Gasteiger charge is 2.74. The monoisotopic (exact) mass is 623 g/mol. The summed E-state index contributed by atoms with van der Waals surface area (Å²) >= 11 is 1.72. The van der Waals surface area contributed by atoms with E-state index in [0.717, 1.165) is 50.6 Å². The molecule has 1 aromatic rings. The van der Waals surface area contributed by atoms with E-state index in [2.05, 4.69) is 47.8 Å². The zero-order valence-corrected chi connectivity index (χ0v) is 28.3. The summed E-state index contributed by atoms with van der Waals surface area (Å²) in [5.74, 6) is -1.18. The molecule has 3 aliphatic rings. The number of carbonyl (C=O) groups excluding carboxylic acids is 3. The molecule has 3 aliphatic heterocycles. The SMILES string of the molecule is C=CCN(C(=O)[C@@H]1[C@H]2C(=O)N(CCCCCCO)C(C(=O)N(CC=C)C(C)(C)CC(C)(C)C)C23CC[C@H]1S3)c1ccccc1. The molecule has 2 unspecified atom stereocenters. The van der Waals surface area contributed by atoms with E-state index in [1.807, 2.05) is 40.1 Å². The summed E-state index contributed by atoms with van der Waals surface area (Å²) in [6.07, 6.45) is 9.08. The Morgan fingerprint density at radius 1 is 1.02 bits per heavy atom. The van der Waals surface area contributed by atoms with Crippen LogP contribution in [0.25, 0.3) is 0 Å². The molecule has 2 bridgehead atoms. The van der Waals surface area contributed by atoms with Crippen molar-refractivity contribution in [2.45, 2.75) is 101 Å². The number of anilines is 1. The average Bonchev–Trinajstić information content (AvgIpc) is 3.60. The van der Waals surface area contributed by atoms with Crippen molar-refractivity contribution in [3.63, 3.8) is 0 Å². The molecule has 8 heteroatoms. The molecule has 1 N–H and O–H groups in total. The minimum atomic E-state index is -0.641. The molecule has 1 aromatic carbocycles. The molecule has 1 spiro atoms. The fourth-order valence-corrected chi connectivity index (χ4v) is 10.5. The summed E-state index contributed by atoms with van der Waals surface area (Å²) < 4.78 is -0.641. The Kier molecular flexibility index (Phi) is 10.8. The molecule has 0 aromatic heterocycles. The minimum Gasteiger partial charge on any atom is -0.396 e. The summed E-state index contributed by atoms with van der Waals surface area (Å²) in [5.41, 5.74) is 0.323. The van der Waals surface area contributed by atoms with Crippen molar-refractivity contribution >= 4 is 35.2 Å². The highest BCUT2D eigenvalue weighted by Crippen LogP contribution is 2.67. The van der Waals surface area contributed by atoms with Gasteiger partial charge in [-0.05, 0) is 63.5 Å². The Morgan fingerprint density at radius 3 is 2.30 bits per heavy atom. The summed E-state index contributed by atoms with van der Waals surface area (Å²) in [6.45, 7) is 20.1. The standard InChI is InChI=1S/C36H53N3O4S/c1-8-21-37(26-17-13-12-14-18-26)31(41)28-27-19-20-36(44-27)29(28)32(42)38(23-15-10-11-16-24-40)30(36)33(43)39(22-9-2)35(6,7)25-34(3,4)5/h8-9,12-14,17-18,27-30,40H,1-2,10-11,15-16,19-25H2,3-7H3/t27-,28+,29+,30?,36?/m1/s1. The molecule has 3 saturated heterocycles. The molecular weight excluding hydrogens is 570 g/mol. The van der Waals surface area contributed by atoms with Crippen LogP contribution in [0, 0.1) is 17.3 Å². The van der Waals surface area contributed by atoms with Crippen LogP contribution >= 0.6 is 11.8 Å². The normalized spacial score (nSPS) is 26.0. The second-order valence-corrected chi connectivity index (χ2v) is 16.2. The van der Waals surface area contributed by atoms with Crippen molar-refractivity contribution in [2.24, 2.45) is 17.3 Å². The van der Waals surface area contributed by atoms with Crippen LogP contribution < -0.4 is 4.90 Å². The second kappa shape index (κ2) is 13.8. The molecule has 44 heavy (non-hydrogen) atoms. The third-order valence-electron chi connectivity index (χ3n) is 9.54. The highest BCUT2D eigenvalue weighted by molar-refractivity contribution is 8.02. The number of fused-ring (bicyclic) bond motifs is 1. The number of benzene rings is 1. The number of thioether (sulfide) groups is 1. The van der Waals surface area contributed by atoms with E-state index in [1.165, 1.54) is 0 Å². The van der Waals surface area contributed by atoms with Gasteiger partial charge in [0.2, 0.25) is 17.7 Å². The van der Waals surface area contributed by atoms with E-state index in [-0.39, 0.29) is 35.0 Å². The number of aliphatic hydroxyl groups excluding tert-OH is 1.